The third kappa shape index (κ3) is 4.20. The lowest BCUT2D eigenvalue weighted by molar-refractivity contribution is 0.336. The van der Waals surface area contributed by atoms with E-state index in [2.05, 4.69) is 9.88 Å². The third-order valence-electron chi connectivity index (χ3n) is 4.21. The number of nitrogens with one attached hydrogen (secondary N) is 1. The zero-order valence-corrected chi connectivity index (χ0v) is 16.3. The highest BCUT2D eigenvalue weighted by atomic mass is 32.2. The molecule has 1 heterocycles. The summed E-state index contributed by atoms with van der Waals surface area (Å²) in [5.74, 6) is 1.38. The molecule has 7 heteroatoms. The predicted octanol–water partition coefficient (Wildman–Crippen LogP) is 3.84. The first kappa shape index (κ1) is 19.1. The molecule has 1 N–H and O–H groups in total. The fourth-order valence-corrected chi connectivity index (χ4v) is 3.90. The van der Waals surface area contributed by atoms with Crippen LogP contribution in [-0.4, -0.2) is 20.2 Å². The van der Waals surface area contributed by atoms with Gasteiger partial charge in [0.15, 0.2) is 0 Å². The molecule has 142 valence electrons. The van der Waals surface area contributed by atoms with Gasteiger partial charge >= 0.3 is 0 Å². The molecule has 1 aromatic heterocycles. The van der Waals surface area contributed by atoms with Gasteiger partial charge < -0.3 is 9.26 Å². The van der Waals surface area contributed by atoms with E-state index in [0.29, 0.717) is 18.1 Å². The van der Waals surface area contributed by atoms with Crippen LogP contribution in [0.15, 0.2) is 57.9 Å². The van der Waals surface area contributed by atoms with E-state index in [1.54, 1.807) is 24.3 Å². The van der Waals surface area contributed by atoms with Gasteiger partial charge in [-0.25, -0.2) is 13.1 Å². The molecule has 0 radical (unpaired) electrons. The molecule has 0 spiro atoms. The largest absolute Gasteiger partial charge is 0.494 e. The topological polar surface area (TPSA) is 81.4 Å². The third-order valence-corrected chi connectivity index (χ3v) is 5.63. The van der Waals surface area contributed by atoms with Crippen molar-refractivity contribution in [2.75, 3.05) is 6.61 Å². The van der Waals surface area contributed by atoms with Gasteiger partial charge in [-0.2, -0.15) is 0 Å². The number of hydrogen-bond acceptors (Lipinski definition) is 5. The van der Waals surface area contributed by atoms with E-state index in [-0.39, 0.29) is 11.4 Å². The first-order chi connectivity index (χ1) is 12.9. The fourth-order valence-electron chi connectivity index (χ4n) is 2.90. The zero-order chi connectivity index (χ0) is 19.4. The number of hydrogen-bond donors (Lipinski definition) is 1. The van der Waals surface area contributed by atoms with Crippen LogP contribution in [0.2, 0.25) is 0 Å². The molecule has 0 bridgehead atoms. The van der Waals surface area contributed by atoms with Crippen molar-refractivity contribution in [1.29, 1.82) is 0 Å². The molecule has 0 fully saturated rings. The van der Waals surface area contributed by atoms with Crippen LogP contribution in [0.3, 0.4) is 0 Å². The molecular formula is C20H22N2O4S. The molecule has 0 saturated carbocycles. The number of aryl methyl sites for hydroxylation is 2. The van der Waals surface area contributed by atoms with Crippen LogP contribution < -0.4 is 9.46 Å². The maximum atomic E-state index is 12.6. The molecule has 2 aromatic carbocycles. The Hall–Kier alpha value is -2.64. The minimum atomic E-state index is -3.64. The smallest absolute Gasteiger partial charge is 0.240 e. The molecule has 0 atom stereocenters. The van der Waals surface area contributed by atoms with Gasteiger partial charge in [0.1, 0.15) is 11.5 Å². The van der Waals surface area contributed by atoms with Gasteiger partial charge in [0.2, 0.25) is 10.0 Å². The van der Waals surface area contributed by atoms with Crippen LogP contribution in [0.5, 0.6) is 5.75 Å². The molecule has 0 saturated heterocycles. The predicted molar refractivity (Wildman–Crippen MR) is 103 cm³/mol. The van der Waals surface area contributed by atoms with E-state index < -0.39 is 10.0 Å². The lowest BCUT2D eigenvalue weighted by Gasteiger charge is -2.11. The molecule has 0 aliphatic heterocycles. The summed E-state index contributed by atoms with van der Waals surface area (Å²) in [5, 5.41) is 3.93. The van der Waals surface area contributed by atoms with Gasteiger partial charge in [-0.05, 0) is 44.5 Å². The second-order valence-electron chi connectivity index (χ2n) is 6.09. The van der Waals surface area contributed by atoms with Crippen molar-refractivity contribution in [2.45, 2.75) is 32.2 Å². The average Bonchev–Trinajstić information content (AvgIpc) is 3.00. The fraction of sp³-hybridized carbons (Fsp3) is 0.250. The summed E-state index contributed by atoms with van der Waals surface area (Å²) < 4.78 is 38.6. The second-order valence-corrected chi connectivity index (χ2v) is 7.86. The van der Waals surface area contributed by atoms with E-state index in [9.17, 15) is 8.42 Å². The van der Waals surface area contributed by atoms with Crippen LogP contribution >= 0.6 is 0 Å². The normalized spacial score (nSPS) is 11.5. The molecule has 3 aromatic rings. The summed E-state index contributed by atoms with van der Waals surface area (Å²) in [4.78, 5) is 0.201. The van der Waals surface area contributed by atoms with Crippen LogP contribution in [-0.2, 0) is 16.6 Å². The Kier molecular flexibility index (Phi) is 5.62. The van der Waals surface area contributed by atoms with Crippen molar-refractivity contribution in [1.82, 2.24) is 9.88 Å². The van der Waals surface area contributed by atoms with Crippen LogP contribution in [0, 0.1) is 13.8 Å². The van der Waals surface area contributed by atoms with E-state index in [1.165, 1.54) is 0 Å². The molecule has 27 heavy (non-hydrogen) atoms. The summed E-state index contributed by atoms with van der Waals surface area (Å²) >= 11 is 0. The van der Waals surface area contributed by atoms with Gasteiger partial charge in [-0.1, -0.05) is 35.5 Å². The first-order valence-corrected chi connectivity index (χ1v) is 10.1. The maximum Gasteiger partial charge on any atom is 0.240 e. The van der Waals surface area contributed by atoms with Crippen molar-refractivity contribution >= 4 is 10.0 Å². The average molecular weight is 386 g/mol. The van der Waals surface area contributed by atoms with Gasteiger partial charge in [0.05, 0.1) is 17.2 Å². The number of nitrogens with zero attached hydrogens (tertiary/aromatic N) is 1. The SMILES string of the molecule is CCOc1ccccc1CNS(=O)(=O)c1ccc(-c2c(C)noc2C)cc1. The molecule has 0 aliphatic carbocycles. The Balaban J connectivity index is 1.78. The zero-order valence-electron chi connectivity index (χ0n) is 15.5. The molecule has 0 unspecified atom stereocenters. The Labute approximate surface area is 159 Å². The van der Waals surface area contributed by atoms with Crippen LogP contribution in [0.4, 0.5) is 0 Å². The Morgan fingerprint density at radius 1 is 1.07 bits per heavy atom. The summed E-state index contributed by atoms with van der Waals surface area (Å²) in [5.41, 5.74) is 3.31. The summed E-state index contributed by atoms with van der Waals surface area (Å²) in [7, 11) is -3.64. The number of rotatable bonds is 7. The van der Waals surface area contributed by atoms with Gasteiger partial charge in [0.25, 0.3) is 0 Å². The van der Waals surface area contributed by atoms with Crippen molar-refractivity contribution in [3.05, 3.63) is 65.5 Å². The van der Waals surface area contributed by atoms with Gasteiger partial charge in [-0.15, -0.1) is 0 Å². The molecule has 3 rings (SSSR count). The second kappa shape index (κ2) is 7.94. The highest BCUT2D eigenvalue weighted by molar-refractivity contribution is 7.89. The monoisotopic (exact) mass is 386 g/mol. The standard InChI is InChI=1S/C20H22N2O4S/c1-4-25-19-8-6-5-7-17(19)13-21-27(23,24)18-11-9-16(10-12-18)20-14(2)22-26-15(20)3/h5-12,21H,4,13H2,1-3H3. The number of aromatic nitrogens is 1. The Bertz CT molecular complexity index is 1000. The summed E-state index contributed by atoms with van der Waals surface area (Å²) in [6.45, 7) is 6.25. The van der Waals surface area contributed by atoms with Gasteiger partial charge in [-0.3, -0.25) is 0 Å². The molecule has 6 nitrogen and oxygen atoms in total. The number of ether oxygens (including phenoxy) is 1. The van der Waals surface area contributed by atoms with Crippen molar-refractivity contribution in [2.24, 2.45) is 0 Å². The van der Waals surface area contributed by atoms with Crippen molar-refractivity contribution in [3.8, 4) is 16.9 Å². The molecular weight excluding hydrogens is 364 g/mol. The lowest BCUT2D eigenvalue weighted by atomic mass is 10.0. The van der Waals surface area contributed by atoms with Crippen molar-refractivity contribution in [3.63, 3.8) is 0 Å². The molecule has 0 amide bonds. The molecule has 0 aliphatic rings. The Morgan fingerprint density at radius 2 is 1.78 bits per heavy atom. The highest BCUT2D eigenvalue weighted by Gasteiger charge is 2.17. The lowest BCUT2D eigenvalue weighted by Crippen LogP contribution is -2.23. The minimum Gasteiger partial charge on any atom is -0.494 e. The summed E-state index contributed by atoms with van der Waals surface area (Å²) in [6, 6.07) is 14.1. The number of sulfonamides is 1. The van der Waals surface area contributed by atoms with Crippen LogP contribution in [0.25, 0.3) is 11.1 Å². The summed E-state index contributed by atoms with van der Waals surface area (Å²) in [6.07, 6.45) is 0. The maximum absolute atomic E-state index is 12.6. The van der Waals surface area contributed by atoms with E-state index in [0.717, 1.165) is 22.4 Å². The van der Waals surface area contributed by atoms with E-state index in [4.69, 9.17) is 9.26 Å². The Morgan fingerprint density at radius 3 is 2.41 bits per heavy atom. The van der Waals surface area contributed by atoms with Gasteiger partial charge in [0, 0.05) is 17.7 Å². The van der Waals surface area contributed by atoms with Crippen LogP contribution in [0.1, 0.15) is 23.9 Å². The first-order valence-electron chi connectivity index (χ1n) is 8.66. The quantitative estimate of drug-likeness (QED) is 0.667. The van der Waals surface area contributed by atoms with E-state index in [1.807, 2.05) is 45.0 Å². The highest BCUT2D eigenvalue weighted by Crippen LogP contribution is 2.27. The van der Waals surface area contributed by atoms with E-state index >= 15 is 0 Å². The van der Waals surface area contributed by atoms with Crippen molar-refractivity contribution < 1.29 is 17.7 Å². The number of para-hydroxylation sites is 1. The minimum absolute atomic E-state index is 0.157. The number of benzene rings is 2.